The highest BCUT2D eigenvalue weighted by Gasteiger charge is 2.14. The predicted molar refractivity (Wildman–Crippen MR) is 87.3 cm³/mol. The number of carbonyl (C=O) groups excluding carboxylic acids is 2. The number of furan rings is 1. The monoisotopic (exact) mass is 344 g/mol. The second kappa shape index (κ2) is 7.08. The van der Waals surface area contributed by atoms with E-state index in [1.807, 2.05) is 0 Å². The zero-order valence-electron chi connectivity index (χ0n) is 13.7. The van der Waals surface area contributed by atoms with Crippen molar-refractivity contribution in [2.75, 3.05) is 19.0 Å². The van der Waals surface area contributed by atoms with Crippen LogP contribution in [0.5, 0.6) is 5.75 Å². The number of ether oxygens (including phenoxy) is 2. The smallest absolute Gasteiger partial charge is 0.310 e. The molecule has 0 saturated heterocycles. The van der Waals surface area contributed by atoms with Crippen molar-refractivity contribution < 1.29 is 28.0 Å². The molecule has 0 fully saturated rings. The minimum atomic E-state index is -0.537. The number of esters is 1. The average Bonchev–Trinajstić information content (AvgIpc) is 3.19. The lowest BCUT2D eigenvalue weighted by Gasteiger charge is -2.04. The van der Waals surface area contributed by atoms with Gasteiger partial charge in [0.1, 0.15) is 17.1 Å². The van der Waals surface area contributed by atoms with Gasteiger partial charge in [-0.3, -0.25) is 9.59 Å². The Labute approximate surface area is 142 Å². The second-order valence-electron chi connectivity index (χ2n) is 5.33. The number of nitrogens with one attached hydrogen (secondary N) is 1. The van der Waals surface area contributed by atoms with Crippen LogP contribution < -0.4 is 10.1 Å². The lowest BCUT2D eigenvalue weighted by molar-refractivity contribution is -0.146. The summed E-state index contributed by atoms with van der Waals surface area (Å²) in [5, 5.41) is 6.88. The Bertz CT molecular complexity index is 911. The number of methoxy groups -OCH3 is 1. The summed E-state index contributed by atoms with van der Waals surface area (Å²) in [4.78, 5) is 23.6. The van der Waals surface area contributed by atoms with Gasteiger partial charge in [0.2, 0.25) is 0 Å². The standard InChI is InChI=1S/C17H16N2O6/c1-10-5-15(19-25-10)18-16(20)9-24-17(21)6-11-8-23-14-7-12(22-2)3-4-13(11)14/h3-5,7-8H,6,9H2,1-2H3,(H,18,19,20). The van der Waals surface area contributed by atoms with E-state index >= 15 is 0 Å². The van der Waals surface area contributed by atoms with Crippen LogP contribution in [-0.4, -0.2) is 30.7 Å². The van der Waals surface area contributed by atoms with Gasteiger partial charge in [-0.05, 0) is 19.1 Å². The number of rotatable bonds is 6. The number of aromatic nitrogens is 1. The van der Waals surface area contributed by atoms with E-state index in [0.717, 1.165) is 5.39 Å². The van der Waals surface area contributed by atoms with Crippen molar-refractivity contribution in [3.05, 3.63) is 41.9 Å². The molecule has 0 radical (unpaired) electrons. The first kappa shape index (κ1) is 16.6. The fourth-order valence-electron chi connectivity index (χ4n) is 2.28. The van der Waals surface area contributed by atoms with E-state index in [2.05, 4.69) is 10.5 Å². The van der Waals surface area contributed by atoms with Crippen molar-refractivity contribution in [3.8, 4) is 5.75 Å². The van der Waals surface area contributed by atoms with Gasteiger partial charge >= 0.3 is 5.97 Å². The SMILES string of the molecule is COc1ccc2c(CC(=O)OCC(=O)Nc3cc(C)on3)coc2c1. The first-order valence-electron chi connectivity index (χ1n) is 7.48. The van der Waals surface area contributed by atoms with Crippen molar-refractivity contribution in [1.82, 2.24) is 5.16 Å². The van der Waals surface area contributed by atoms with Gasteiger partial charge in [0.25, 0.3) is 5.91 Å². The predicted octanol–water partition coefficient (Wildman–Crippen LogP) is 2.46. The molecule has 0 bridgehead atoms. The number of fused-ring (bicyclic) bond motifs is 1. The molecule has 25 heavy (non-hydrogen) atoms. The van der Waals surface area contributed by atoms with Crippen molar-refractivity contribution in [2.24, 2.45) is 0 Å². The van der Waals surface area contributed by atoms with Gasteiger partial charge in [0, 0.05) is 23.1 Å². The Morgan fingerprint density at radius 3 is 2.84 bits per heavy atom. The second-order valence-corrected chi connectivity index (χ2v) is 5.33. The Kier molecular flexibility index (Phi) is 4.69. The number of aryl methyl sites for hydroxylation is 1. The molecule has 1 amide bonds. The van der Waals surface area contributed by atoms with Crippen LogP contribution in [0.25, 0.3) is 11.0 Å². The first-order chi connectivity index (χ1) is 12.0. The molecule has 8 nitrogen and oxygen atoms in total. The number of benzene rings is 1. The fourth-order valence-corrected chi connectivity index (χ4v) is 2.28. The average molecular weight is 344 g/mol. The molecule has 0 aliphatic heterocycles. The third-order valence-corrected chi connectivity index (χ3v) is 3.46. The molecule has 8 heteroatoms. The minimum absolute atomic E-state index is 0.00429. The van der Waals surface area contributed by atoms with Crippen molar-refractivity contribution >= 4 is 28.7 Å². The fraction of sp³-hybridized carbons (Fsp3) is 0.235. The molecular formula is C17H16N2O6. The van der Waals surface area contributed by atoms with Gasteiger partial charge in [-0.15, -0.1) is 0 Å². The zero-order chi connectivity index (χ0) is 17.8. The summed E-state index contributed by atoms with van der Waals surface area (Å²) < 4.78 is 20.3. The maximum Gasteiger partial charge on any atom is 0.310 e. The lowest BCUT2D eigenvalue weighted by atomic mass is 10.1. The zero-order valence-corrected chi connectivity index (χ0v) is 13.7. The summed E-state index contributed by atoms with van der Waals surface area (Å²) in [6.45, 7) is 1.29. The molecule has 0 unspecified atom stereocenters. The van der Waals surface area contributed by atoms with Gasteiger partial charge in [-0.2, -0.15) is 0 Å². The summed E-state index contributed by atoms with van der Waals surface area (Å²) in [6, 6.07) is 6.88. The normalized spacial score (nSPS) is 10.6. The van der Waals surface area contributed by atoms with Gasteiger partial charge < -0.3 is 23.7 Å². The summed E-state index contributed by atoms with van der Waals surface area (Å²) in [6.07, 6.45) is 1.49. The number of nitrogens with zero attached hydrogens (tertiary/aromatic N) is 1. The van der Waals surface area contributed by atoms with E-state index < -0.39 is 18.5 Å². The van der Waals surface area contributed by atoms with Crippen LogP contribution >= 0.6 is 0 Å². The topological polar surface area (TPSA) is 104 Å². The maximum absolute atomic E-state index is 11.9. The summed E-state index contributed by atoms with van der Waals surface area (Å²) in [7, 11) is 1.56. The van der Waals surface area contributed by atoms with Crippen LogP contribution in [0.4, 0.5) is 5.82 Å². The van der Waals surface area contributed by atoms with Gasteiger partial charge in [0.05, 0.1) is 19.8 Å². The Hall–Kier alpha value is -3.29. The largest absolute Gasteiger partial charge is 0.497 e. The van der Waals surface area contributed by atoms with Crippen LogP contribution in [0, 0.1) is 6.92 Å². The van der Waals surface area contributed by atoms with E-state index in [0.29, 0.717) is 22.7 Å². The molecule has 3 aromatic rings. The summed E-state index contributed by atoms with van der Waals surface area (Å²) in [5.74, 6) is 0.466. The molecule has 0 spiro atoms. The molecule has 130 valence electrons. The van der Waals surface area contributed by atoms with Crippen LogP contribution in [0.15, 0.2) is 39.5 Å². The molecule has 0 aliphatic rings. The number of amides is 1. The molecule has 0 atom stereocenters. The number of carbonyl (C=O) groups is 2. The quantitative estimate of drug-likeness (QED) is 0.685. The molecule has 1 N–H and O–H groups in total. The van der Waals surface area contributed by atoms with E-state index in [9.17, 15) is 9.59 Å². The van der Waals surface area contributed by atoms with Crippen molar-refractivity contribution in [2.45, 2.75) is 13.3 Å². The van der Waals surface area contributed by atoms with Crippen LogP contribution in [0.3, 0.4) is 0 Å². The van der Waals surface area contributed by atoms with Crippen molar-refractivity contribution in [3.63, 3.8) is 0 Å². The molecule has 3 rings (SSSR count). The third-order valence-electron chi connectivity index (χ3n) is 3.46. The Balaban J connectivity index is 1.55. The number of hydrogen-bond donors (Lipinski definition) is 1. The third kappa shape index (κ3) is 3.97. The first-order valence-corrected chi connectivity index (χ1v) is 7.48. The van der Waals surface area contributed by atoms with Gasteiger partial charge in [-0.1, -0.05) is 5.16 Å². The summed E-state index contributed by atoms with van der Waals surface area (Å²) in [5.41, 5.74) is 1.29. The van der Waals surface area contributed by atoms with E-state index in [1.165, 1.54) is 6.26 Å². The van der Waals surface area contributed by atoms with Crippen LogP contribution in [0.1, 0.15) is 11.3 Å². The molecule has 0 aliphatic carbocycles. The minimum Gasteiger partial charge on any atom is -0.497 e. The molecule has 2 aromatic heterocycles. The van der Waals surface area contributed by atoms with E-state index in [-0.39, 0.29) is 12.2 Å². The van der Waals surface area contributed by atoms with E-state index in [1.54, 1.807) is 38.3 Å². The highest BCUT2D eigenvalue weighted by Crippen LogP contribution is 2.26. The van der Waals surface area contributed by atoms with Crippen LogP contribution in [-0.2, 0) is 20.7 Å². The van der Waals surface area contributed by atoms with Crippen LogP contribution in [0.2, 0.25) is 0 Å². The van der Waals surface area contributed by atoms with Crippen molar-refractivity contribution in [1.29, 1.82) is 0 Å². The van der Waals surface area contributed by atoms with Gasteiger partial charge in [-0.25, -0.2) is 0 Å². The molecular weight excluding hydrogens is 328 g/mol. The molecule has 0 saturated carbocycles. The lowest BCUT2D eigenvalue weighted by Crippen LogP contribution is -2.21. The number of anilines is 1. The Morgan fingerprint density at radius 1 is 1.28 bits per heavy atom. The maximum atomic E-state index is 11.9. The molecule has 1 aromatic carbocycles. The summed E-state index contributed by atoms with van der Waals surface area (Å²) >= 11 is 0. The number of hydrogen-bond acceptors (Lipinski definition) is 7. The highest BCUT2D eigenvalue weighted by atomic mass is 16.5. The van der Waals surface area contributed by atoms with E-state index in [4.69, 9.17) is 18.4 Å². The Morgan fingerprint density at radius 2 is 2.12 bits per heavy atom. The highest BCUT2D eigenvalue weighted by molar-refractivity contribution is 5.92. The van der Waals surface area contributed by atoms with Gasteiger partial charge in [0.15, 0.2) is 12.4 Å². The molecule has 2 heterocycles.